The summed E-state index contributed by atoms with van der Waals surface area (Å²) < 4.78 is 4.94. The number of hydrogen-bond donors (Lipinski definition) is 2. The van der Waals surface area contributed by atoms with Crippen LogP contribution in [0.4, 0.5) is 0 Å². The fourth-order valence-corrected chi connectivity index (χ4v) is 1.70. The standard InChI is InChI=1S/C13H19NO4/c1-10-9-11(16)3-4-12(10)13(17)14(5-7-15)6-8-18-2/h3-4,9,15-16H,5-8H2,1-2H3. The number of phenols is 1. The van der Waals surface area contributed by atoms with Crippen LogP contribution in [-0.2, 0) is 4.74 Å². The summed E-state index contributed by atoms with van der Waals surface area (Å²) >= 11 is 0. The molecule has 0 aromatic heterocycles. The lowest BCUT2D eigenvalue weighted by Gasteiger charge is -2.22. The van der Waals surface area contributed by atoms with Gasteiger partial charge >= 0.3 is 0 Å². The number of hydrogen-bond acceptors (Lipinski definition) is 4. The monoisotopic (exact) mass is 253 g/mol. The zero-order chi connectivity index (χ0) is 13.5. The lowest BCUT2D eigenvalue weighted by molar-refractivity contribution is 0.0655. The minimum absolute atomic E-state index is 0.0907. The molecule has 0 aliphatic carbocycles. The molecule has 0 saturated carbocycles. The number of carbonyl (C=O) groups is 1. The van der Waals surface area contributed by atoms with Crippen molar-refractivity contribution in [2.75, 3.05) is 33.4 Å². The van der Waals surface area contributed by atoms with E-state index in [2.05, 4.69) is 0 Å². The Morgan fingerprint density at radius 1 is 1.39 bits per heavy atom. The summed E-state index contributed by atoms with van der Waals surface area (Å²) in [4.78, 5) is 13.8. The Hall–Kier alpha value is -1.59. The van der Waals surface area contributed by atoms with Gasteiger partial charge in [-0.3, -0.25) is 4.79 Å². The highest BCUT2D eigenvalue weighted by Crippen LogP contribution is 2.17. The Bertz CT molecular complexity index is 406. The summed E-state index contributed by atoms with van der Waals surface area (Å²) in [5, 5.41) is 18.3. The molecule has 100 valence electrons. The number of rotatable bonds is 6. The summed E-state index contributed by atoms with van der Waals surface area (Å²) in [5.41, 5.74) is 1.23. The van der Waals surface area contributed by atoms with Gasteiger partial charge in [0, 0.05) is 25.8 Å². The molecule has 18 heavy (non-hydrogen) atoms. The summed E-state index contributed by atoms with van der Waals surface area (Å²) in [6.07, 6.45) is 0. The SMILES string of the molecule is COCCN(CCO)C(=O)c1ccc(O)cc1C. The Morgan fingerprint density at radius 3 is 2.67 bits per heavy atom. The van der Waals surface area contributed by atoms with Crippen molar-refractivity contribution in [3.05, 3.63) is 29.3 Å². The van der Waals surface area contributed by atoms with Crippen LogP contribution in [0.5, 0.6) is 5.75 Å². The molecule has 5 nitrogen and oxygen atoms in total. The number of aliphatic hydroxyl groups excluding tert-OH is 1. The second kappa shape index (κ2) is 6.98. The summed E-state index contributed by atoms with van der Waals surface area (Å²) in [6, 6.07) is 4.61. The molecule has 0 bridgehead atoms. The van der Waals surface area contributed by atoms with Crippen molar-refractivity contribution in [1.82, 2.24) is 4.90 Å². The van der Waals surface area contributed by atoms with Crippen LogP contribution in [0.15, 0.2) is 18.2 Å². The van der Waals surface area contributed by atoms with Crippen molar-refractivity contribution in [2.24, 2.45) is 0 Å². The number of benzene rings is 1. The molecule has 0 aliphatic rings. The second-order valence-electron chi connectivity index (χ2n) is 4.01. The van der Waals surface area contributed by atoms with Crippen molar-refractivity contribution in [3.63, 3.8) is 0 Å². The summed E-state index contributed by atoms with van der Waals surface area (Å²) in [7, 11) is 1.56. The maximum absolute atomic E-state index is 12.3. The fourth-order valence-electron chi connectivity index (χ4n) is 1.70. The van der Waals surface area contributed by atoms with Crippen LogP contribution in [0.3, 0.4) is 0 Å². The largest absolute Gasteiger partial charge is 0.508 e. The van der Waals surface area contributed by atoms with Crippen LogP contribution in [0.1, 0.15) is 15.9 Å². The Labute approximate surface area is 107 Å². The van der Waals surface area contributed by atoms with E-state index in [0.717, 1.165) is 0 Å². The highest BCUT2D eigenvalue weighted by molar-refractivity contribution is 5.95. The molecule has 1 rings (SSSR count). The van der Waals surface area contributed by atoms with Gasteiger partial charge in [0.1, 0.15) is 5.75 Å². The van der Waals surface area contributed by atoms with E-state index in [0.29, 0.717) is 24.3 Å². The predicted octanol–water partition coefficient (Wildman–Crippen LogP) is 0.782. The zero-order valence-corrected chi connectivity index (χ0v) is 10.7. The number of carbonyl (C=O) groups excluding carboxylic acids is 1. The number of aliphatic hydroxyl groups is 1. The molecule has 5 heteroatoms. The van der Waals surface area contributed by atoms with E-state index < -0.39 is 0 Å². The van der Waals surface area contributed by atoms with Gasteiger partial charge in [0.25, 0.3) is 5.91 Å². The van der Waals surface area contributed by atoms with Crippen LogP contribution in [-0.4, -0.2) is 54.4 Å². The van der Waals surface area contributed by atoms with Gasteiger partial charge in [0.05, 0.1) is 13.2 Å². The first kappa shape index (κ1) is 14.5. The molecule has 0 heterocycles. The number of amides is 1. The lowest BCUT2D eigenvalue weighted by Crippen LogP contribution is -2.36. The molecule has 0 fully saturated rings. The third kappa shape index (κ3) is 3.72. The Morgan fingerprint density at radius 2 is 2.11 bits per heavy atom. The predicted molar refractivity (Wildman–Crippen MR) is 67.7 cm³/mol. The van der Waals surface area contributed by atoms with E-state index >= 15 is 0 Å². The smallest absolute Gasteiger partial charge is 0.254 e. The number of nitrogens with zero attached hydrogens (tertiary/aromatic N) is 1. The molecule has 0 aliphatic heterocycles. The second-order valence-corrected chi connectivity index (χ2v) is 4.01. The highest BCUT2D eigenvalue weighted by Gasteiger charge is 2.17. The van der Waals surface area contributed by atoms with E-state index in [9.17, 15) is 9.90 Å². The van der Waals surface area contributed by atoms with E-state index in [-0.39, 0.29) is 24.8 Å². The van der Waals surface area contributed by atoms with Crippen LogP contribution in [0.2, 0.25) is 0 Å². The molecule has 0 saturated heterocycles. The third-order valence-corrected chi connectivity index (χ3v) is 2.66. The molecule has 0 atom stereocenters. The first-order valence-electron chi connectivity index (χ1n) is 5.78. The lowest BCUT2D eigenvalue weighted by atomic mass is 10.1. The average molecular weight is 253 g/mol. The normalized spacial score (nSPS) is 10.4. The van der Waals surface area contributed by atoms with Gasteiger partial charge in [-0.2, -0.15) is 0 Å². The minimum Gasteiger partial charge on any atom is -0.508 e. The molecule has 1 amide bonds. The summed E-state index contributed by atoms with van der Waals surface area (Å²) in [5.74, 6) is -0.0340. The van der Waals surface area contributed by atoms with E-state index in [1.807, 2.05) is 0 Å². The highest BCUT2D eigenvalue weighted by atomic mass is 16.5. The molecule has 1 aromatic carbocycles. The molecular weight excluding hydrogens is 234 g/mol. The molecule has 0 radical (unpaired) electrons. The van der Waals surface area contributed by atoms with Gasteiger partial charge in [-0.05, 0) is 30.7 Å². The Kier molecular flexibility index (Phi) is 5.61. The quantitative estimate of drug-likeness (QED) is 0.786. The van der Waals surface area contributed by atoms with E-state index in [1.165, 1.54) is 11.0 Å². The number of methoxy groups -OCH3 is 1. The first-order valence-corrected chi connectivity index (χ1v) is 5.78. The first-order chi connectivity index (χ1) is 8.60. The number of aromatic hydroxyl groups is 1. The molecular formula is C13H19NO4. The van der Waals surface area contributed by atoms with Gasteiger partial charge in [-0.15, -0.1) is 0 Å². The molecule has 2 N–H and O–H groups in total. The van der Waals surface area contributed by atoms with Gasteiger partial charge in [-0.1, -0.05) is 0 Å². The zero-order valence-electron chi connectivity index (χ0n) is 10.7. The number of ether oxygens (including phenoxy) is 1. The van der Waals surface area contributed by atoms with Crippen molar-refractivity contribution >= 4 is 5.91 Å². The van der Waals surface area contributed by atoms with E-state index in [4.69, 9.17) is 9.84 Å². The fraction of sp³-hybridized carbons (Fsp3) is 0.462. The average Bonchev–Trinajstić information content (AvgIpc) is 2.33. The molecule has 1 aromatic rings. The van der Waals surface area contributed by atoms with Gasteiger partial charge in [0.15, 0.2) is 0 Å². The van der Waals surface area contributed by atoms with Gasteiger partial charge in [-0.25, -0.2) is 0 Å². The van der Waals surface area contributed by atoms with Crippen molar-refractivity contribution in [1.29, 1.82) is 0 Å². The van der Waals surface area contributed by atoms with Crippen molar-refractivity contribution in [3.8, 4) is 5.75 Å². The molecule has 0 unspecified atom stereocenters. The van der Waals surface area contributed by atoms with Crippen LogP contribution >= 0.6 is 0 Å². The number of phenolic OH excluding ortho intramolecular Hbond substituents is 1. The van der Waals surface area contributed by atoms with Crippen LogP contribution < -0.4 is 0 Å². The molecule has 0 spiro atoms. The maximum atomic E-state index is 12.3. The maximum Gasteiger partial charge on any atom is 0.254 e. The van der Waals surface area contributed by atoms with Crippen molar-refractivity contribution in [2.45, 2.75) is 6.92 Å². The summed E-state index contributed by atoms with van der Waals surface area (Å²) in [6.45, 7) is 2.79. The number of aryl methyl sites for hydroxylation is 1. The van der Waals surface area contributed by atoms with Crippen LogP contribution in [0, 0.1) is 6.92 Å². The third-order valence-electron chi connectivity index (χ3n) is 2.66. The Balaban J connectivity index is 2.87. The van der Waals surface area contributed by atoms with Gasteiger partial charge in [0.2, 0.25) is 0 Å². The van der Waals surface area contributed by atoms with E-state index in [1.54, 1.807) is 26.2 Å². The van der Waals surface area contributed by atoms with Crippen molar-refractivity contribution < 1.29 is 19.7 Å². The topological polar surface area (TPSA) is 70.0 Å². The minimum atomic E-state index is -0.168. The van der Waals surface area contributed by atoms with Crippen LogP contribution in [0.25, 0.3) is 0 Å². The van der Waals surface area contributed by atoms with Gasteiger partial charge < -0.3 is 19.8 Å².